The van der Waals surface area contributed by atoms with E-state index in [-0.39, 0.29) is 11.9 Å². The molecule has 0 spiro atoms. The van der Waals surface area contributed by atoms with Gasteiger partial charge in [-0.1, -0.05) is 6.92 Å². The molecule has 0 radical (unpaired) electrons. The van der Waals surface area contributed by atoms with E-state index in [1.807, 2.05) is 6.92 Å². The predicted molar refractivity (Wildman–Crippen MR) is 53.7 cm³/mol. The minimum absolute atomic E-state index is 0.158. The standard InChI is InChI=1S/C11H18O3/c1-3-8-13-11(12)9(2)14-10-6-4-5-7-10/h10H,2-8H2,1H3. The van der Waals surface area contributed by atoms with Crippen LogP contribution in [0, 0.1) is 0 Å². The second kappa shape index (κ2) is 5.68. The number of hydrogen-bond donors (Lipinski definition) is 0. The van der Waals surface area contributed by atoms with Crippen molar-refractivity contribution in [2.75, 3.05) is 6.61 Å². The highest BCUT2D eigenvalue weighted by atomic mass is 16.6. The molecule has 1 aliphatic carbocycles. The summed E-state index contributed by atoms with van der Waals surface area (Å²) in [6.45, 7) is 5.96. The molecule has 0 heterocycles. The summed E-state index contributed by atoms with van der Waals surface area (Å²) < 4.78 is 10.3. The van der Waals surface area contributed by atoms with Crippen molar-refractivity contribution in [3.8, 4) is 0 Å². The molecule has 0 N–H and O–H groups in total. The average Bonchev–Trinajstić information content (AvgIpc) is 2.66. The first kappa shape index (κ1) is 11.1. The normalized spacial score (nSPS) is 16.6. The highest BCUT2D eigenvalue weighted by Gasteiger charge is 2.20. The van der Waals surface area contributed by atoms with Crippen LogP contribution in [0.1, 0.15) is 39.0 Å². The van der Waals surface area contributed by atoms with Gasteiger partial charge in [-0.05, 0) is 38.7 Å². The molecule has 1 saturated carbocycles. The van der Waals surface area contributed by atoms with Gasteiger partial charge in [0.05, 0.1) is 12.7 Å². The number of rotatable bonds is 5. The summed E-state index contributed by atoms with van der Waals surface area (Å²) in [7, 11) is 0. The molecule has 0 aromatic carbocycles. The molecule has 0 aliphatic heterocycles. The van der Waals surface area contributed by atoms with Gasteiger partial charge in [0.25, 0.3) is 0 Å². The topological polar surface area (TPSA) is 35.5 Å². The molecule has 0 aromatic rings. The summed E-state index contributed by atoms with van der Waals surface area (Å²) in [6, 6.07) is 0. The van der Waals surface area contributed by atoms with Crippen LogP contribution in [0.5, 0.6) is 0 Å². The minimum atomic E-state index is -0.418. The molecule has 1 aliphatic rings. The van der Waals surface area contributed by atoms with Gasteiger partial charge in [0.1, 0.15) is 0 Å². The van der Waals surface area contributed by atoms with Gasteiger partial charge in [-0.3, -0.25) is 0 Å². The van der Waals surface area contributed by atoms with E-state index in [1.165, 1.54) is 12.8 Å². The summed E-state index contributed by atoms with van der Waals surface area (Å²) in [4.78, 5) is 11.2. The fourth-order valence-corrected chi connectivity index (χ4v) is 1.53. The lowest BCUT2D eigenvalue weighted by molar-refractivity contribution is -0.144. The third-order valence-electron chi connectivity index (χ3n) is 2.28. The van der Waals surface area contributed by atoms with Crippen molar-refractivity contribution in [2.24, 2.45) is 0 Å². The highest BCUT2D eigenvalue weighted by molar-refractivity contribution is 5.85. The summed E-state index contributed by atoms with van der Waals surface area (Å²) in [5.41, 5.74) is 0. The summed E-state index contributed by atoms with van der Waals surface area (Å²) >= 11 is 0. The van der Waals surface area contributed by atoms with E-state index < -0.39 is 5.97 Å². The Labute approximate surface area is 85.1 Å². The van der Waals surface area contributed by atoms with Crippen LogP contribution >= 0.6 is 0 Å². The zero-order valence-corrected chi connectivity index (χ0v) is 8.75. The van der Waals surface area contributed by atoms with Crippen molar-refractivity contribution in [3.05, 3.63) is 12.3 Å². The highest BCUT2D eigenvalue weighted by Crippen LogP contribution is 2.22. The van der Waals surface area contributed by atoms with Crippen LogP contribution in [-0.2, 0) is 14.3 Å². The van der Waals surface area contributed by atoms with Crippen LogP contribution in [0.25, 0.3) is 0 Å². The Kier molecular flexibility index (Phi) is 4.50. The van der Waals surface area contributed by atoms with Gasteiger partial charge in [-0.2, -0.15) is 0 Å². The number of carbonyl (C=O) groups excluding carboxylic acids is 1. The van der Waals surface area contributed by atoms with Crippen molar-refractivity contribution in [2.45, 2.75) is 45.1 Å². The Balaban J connectivity index is 2.22. The SMILES string of the molecule is C=C(OC1CCCC1)C(=O)OCCC. The zero-order valence-electron chi connectivity index (χ0n) is 8.75. The largest absolute Gasteiger partial charge is 0.484 e. The van der Waals surface area contributed by atoms with Gasteiger partial charge in [-0.25, -0.2) is 4.79 Å². The quantitative estimate of drug-likeness (QED) is 0.386. The van der Waals surface area contributed by atoms with Crippen LogP contribution in [0.3, 0.4) is 0 Å². The number of esters is 1. The van der Waals surface area contributed by atoms with Gasteiger partial charge in [0, 0.05) is 0 Å². The number of ether oxygens (including phenoxy) is 2. The second-order valence-corrected chi connectivity index (χ2v) is 3.58. The number of carbonyl (C=O) groups is 1. The fraction of sp³-hybridized carbons (Fsp3) is 0.727. The van der Waals surface area contributed by atoms with E-state index >= 15 is 0 Å². The molecule has 3 heteroatoms. The third-order valence-corrected chi connectivity index (χ3v) is 2.28. The van der Waals surface area contributed by atoms with Crippen LogP contribution in [0.15, 0.2) is 12.3 Å². The van der Waals surface area contributed by atoms with Crippen molar-refractivity contribution < 1.29 is 14.3 Å². The lowest BCUT2D eigenvalue weighted by atomic mass is 10.3. The first-order chi connectivity index (χ1) is 6.74. The first-order valence-electron chi connectivity index (χ1n) is 5.26. The summed E-state index contributed by atoms with van der Waals surface area (Å²) in [5, 5.41) is 0. The molecule has 0 amide bonds. The minimum Gasteiger partial charge on any atom is -0.484 e. The van der Waals surface area contributed by atoms with Gasteiger partial charge in [-0.15, -0.1) is 0 Å². The van der Waals surface area contributed by atoms with Gasteiger partial charge in [0.15, 0.2) is 5.76 Å². The maximum atomic E-state index is 11.2. The Morgan fingerprint density at radius 1 is 1.43 bits per heavy atom. The van der Waals surface area contributed by atoms with Crippen LogP contribution < -0.4 is 0 Å². The monoisotopic (exact) mass is 198 g/mol. The molecule has 14 heavy (non-hydrogen) atoms. The summed E-state index contributed by atoms with van der Waals surface area (Å²) in [6.07, 6.45) is 5.42. The third kappa shape index (κ3) is 3.40. The van der Waals surface area contributed by atoms with E-state index in [1.54, 1.807) is 0 Å². The molecule has 0 aromatic heterocycles. The summed E-state index contributed by atoms with van der Waals surface area (Å²) in [5.74, 6) is -0.260. The Morgan fingerprint density at radius 2 is 2.07 bits per heavy atom. The molecule has 80 valence electrons. The van der Waals surface area contributed by atoms with E-state index in [9.17, 15) is 4.79 Å². The van der Waals surface area contributed by atoms with Crippen molar-refractivity contribution in [3.63, 3.8) is 0 Å². The predicted octanol–water partition coefficient (Wildman–Crippen LogP) is 2.41. The van der Waals surface area contributed by atoms with Crippen LogP contribution in [0.4, 0.5) is 0 Å². The maximum absolute atomic E-state index is 11.2. The smallest absolute Gasteiger partial charge is 0.372 e. The van der Waals surface area contributed by atoms with E-state index in [0.717, 1.165) is 19.3 Å². The molecular formula is C11H18O3. The molecule has 0 bridgehead atoms. The fourth-order valence-electron chi connectivity index (χ4n) is 1.53. The lowest BCUT2D eigenvalue weighted by Crippen LogP contribution is -2.15. The molecule has 3 nitrogen and oxygen atoms in total. The van der Waals surface area contributed by atoms with Gasteiger partial charge < -0.3 is 9.47 Å². The molecule has 0 atom stereocenters. The van der Waals surface area contributed by atoms with Crippen LogP contribution in [-0.4, -0.2) is 18.7 Å². The van der Waals surface area contributed by atoms with Crippen molar-refractivity contribution in [1.82, 2.24) is 0 Å². The van der Waals surface area contributed by atoms with Gasteiger partial charge >= 0.3 is 5.97 Å². The Bertz CT molecular complexity index is 205. The van der Waals surface area contributed by atoms with Crippen LogP contribution in [0.2, 0.25) is 0 Å². The van der Waals surface area contributed by atoms with E-state index in [0.29, 0.717) is 6.61 Å². The molecule has 1 fully saturated rings. The lowest BCUT2D eigenvalue weighted by Gasteiger charge is -2.13. The number of hydrogen-bond acceptors (Lipinski definition) is 3. The Morgan fingerprint density at radius 3 is 2.64 bits per heavy atom. The second-order valence-electron chi connectivity index (χ2n) is 3.58. The Hall–Kier alpha value is -0.990. The molecule has 0 unspecified atom stereocenters. The zero-order chi connectivity index (χ0) is 10.4. The van der Waals surface area contributed by atoms with Crippen molar-refractivity contribution >= 4 is 5.97 Å². The molecule has 1 rings (SSSR count). The molecular weight excluding hydrogens is 180 g/mol. The first-order valence-corrected chi connectivity index (χ1v) is 5.26. The maximum Gasteiger partial charge on any atom is 0.372 e. The molecule has 0 saturated heterocycles. The average molecular weight is 198 g/mol. The van der Waals surface area contributed by atoms with E-state index in [2.05, 4.69) is 6.58 Å². The van der Waals surface area contributed by atoms with Gasteiger partial charge in [0.2, 0.25) is 0 Å². The van der Waals surface area contributed by atoms with E-state index in [4.69, 9.17) is 9.47 Å². The van der Waals surface area contributed by atoms with Crippen molar-refractivity contribution in [1.29, 1.82) is 0 Å².